The average Bonchev–Trinajstić information content (AvgIpc) is 3.39. The van der Waals surface area contributed by atoms with E-state index in [4.69, 9.17) is 9.05 Å². The number of likely N-dealkylation sites (N-methyl/N-ethyl adjacent to an activating group) is 1. The molecular weight excluding hydrogens is 976 g/mol. The van der Waals surface area contributed by atoms with E-state index >= 15 is 0 Å². The highest BCUT2D eigenvalue weighted by molar-refractivity contribution is 7.47. The molecule has 77 heavy (non-hydrogen) atoms. The number of aliphatic hydroxyl groups is 2. The normalized spacial score (nSPS) is 15.5. The molecule has 0 fully saturated rings. The van der Waals surface area contributed by atoms with Crippen LogP contribution in [0, 0.1) is 0 Å². The van der Waals surface area contributed by atoms with E-state index < -0.39 is 32.7 Å². The number of phosphoric ester groups is 1. The number of carbonyl (C=O) groups is 1. The summed E-state index contributed by atoms with van der Waals surface area (Å²) in [5, 5.41) is 24.7. The number of hydrogen-bond acceptors (Lipinski definition) is 6. The molecule has 0 aliphatic rings. The molecule has 0 aromatic heterocycles. The van der Waals surface area contributed by atoms with E-state index in [0.29, 0.717) is 30.3 Å². The number of carbonyl (C=O) groups excluding carboxylic acids is 1. The molecule has 0 aliphatic heterocycles. The molecule has 0 saturated carbocycles. The highest BCUT2D eigenvalue weighted by Gasteiger charge is 2.31. The number of phosphoric acid groups is 1. The van der Waals surface area contributed by atoms with Crippen molar-refractivity contribution in [1.82, 2.24) is 5.32 Å². The van der Waals surface area contributed by atoms with E-state index in [9.17, 15) is 24.5 Å². The molecule has 0 radical (unpaired) electrons. The van der Waals surface area contributed by atoms with Crippen molar-refractivity contribution >= 4 is 13.7 Å². The van der Waals surface area contributed by atoms with Crippen molar-refractivity contribution < 1.29 is 38.0 Å². The summed E-state index contributed by atoms with van der Waals surface area (Å²) in [6.45, 7) is 4.38. The largest absolute Gasteiger partial charge is 0.472 e. The van der Waals surface area contributed by atoms with Gasteiger partial charge in [-0.3, -0.25) is 13.8 Å². The lowest BCUT2D eigenvalue weighted by molar-refractivity contribution is -0.870. The first-order valence-electron chi connectivity index (χ1n) is 29.6. The van der Waals surface area contributed by atoms with E-state index in [0.717, 1.165) is 128 Å². The van der Waals surface area contributed by atoms with Gasteiger partial charge in [0.15, 0.2) is 0 Å². The zero-order valence-electron chi connectivity index (χ0n) is 49.0. The van der Waals surface area contributed by atoms with E-state index in [2.05, 4.69) is 189 Å². The molecule has 0 aliphatic carbocycles. The molecule has 0 aromatic carbocycles. The molecule has 4 unspecified atom stereocenters. The van der Waals surface area contributed by atoms with Crippen LogP contribution in [-0.2, 0) is 18.4 Å². The minimum atomic E-state index is -4.45. The van der Waals surface area contributed by atoms with E-state index in [1.165, 1.54) is 19.3 Å². The van der Waals surface area contributed by atoms with Crippen molar-refractivity contribution in [2.45, 2.75) is 205 Å². The van der Waals surface area contributed by atoms with Crippen LogP contribution < -0.4 is 5.32 Å². The standard InChI is InChI=1S/C67H109N2O7P/c1-6-8-10-12-14-16-18-20-21-22-23-24-25-26-27-28-29-30-31-32-33-34-35-36-37-38-39-40-41-42-43-44-45-46-47-48-50-52-54-56-58-60-66(71)68-64(63-76-77(73,74)75-62-61-69(3,4)5)67(72)65(70)59-57-55-53-51-49-19-17-15-13-11-9-7-2/h8,10,14-17,20-21,23-24,26-27,29-30,32-33,35-36,38-39,41-42,44-45,47-48,51,53,64-65,67,70,72H,6-7,9,11-13,18-19,22,25,28,31,34,37,40,43,46,49-50,52,54-63H2,1-5H3,(H-,68,71,73,74)/p+1/b10-8-,16-14-,17-15+,21-20-,24-23-,27-26-,30-29-,33-32-,36-35-,39-38-,42-41-,45-44-,48-47-,53-51+. The molecule has 0 heterocycles. The van der Waals surface area contributed by atoms with Crippen LogP contribution in [0.5, 0.6) is 0 Å². The van der Waals surface area contributed by atoms with Crippen LogP contribution in [0.15, 0.2) is 170 Å². The minimum Gasteiger partial charge on any atom is -0.390 e. The average molecular weight is 1090 g/mol. The van der Waals surface area contributed by atoms with Crippen molar-refractivity contribution in [3.8, 4) is 0 Å². The summed E-state index contributed by atoms with van der Waals surface area (Å²) < 4.78 is 23.5. The zero-order chi connectivity index (χ0) is 56.4. The first-order valence-corrected chi connectivity index (χ1v) is 31.1. The minimum absolute atomic E-state index is 0.00116. The lowest BCUT2D eigenvalue weighted by Gasteiger charge is -2.28. The molecular formula is C67H110N2O7P+. The van der Waals surface area contributed by atoms with Crippen LogP contribution in [0.3, 0.4) is 0 Å². The fraction of sp³-hybridized carbons (Fsp3) is 0.567. The predicted octanol–water partition coefficient (Wildman–Crippen LogP) is 17.4. The Morgan fingerprint density at radius 2 is 0.818 bits per heavy atom. The van der Waals surface area contributed by atoms with Gasteiger partial charge in [0.1, 0.15) is 19.3 Å². The second-order valence-electron chi connectivity index (χ2n) is 20.4. The number of rotatable bonds is 51. The van der Waals surface area contributed by atoms with Gasteiger partial charge in [-0.05, 0) is 141 Å². The van der Waals surface area contributed by atoms with Crippen molar-refractivity contribution in [1.29, 1.82) is 0 Å². The number of amides is 1. The fourth-order valence-corrected chi connectivity index (χ4v) is 8.11. The fourth-order valence-electron chi connectivity index (χ4n) is 7.37. The SMILES string of the molecule is CC/C=C\C/C=C\C/C=C\C/C=C\C/C=C\C/C=C\C/C=C\C/C=C\C/C=C\C/C=C\C/C=C\C/C=C\CCCCCCC(=O)NC(COP(=O)(O)OCC[N+](C)(C)C)C(O)C(O)CCC/C=C/CC/C=C/CCCCC. The molecule has 4 atom stereocenters. The van der Waals surface area contributed by atoms with Crippen LogP contribution in [-0.4, -0.2) is 84.6 Å². The topological polar surface area (TPSA) is 125 Å². The first kappa shape index (κ1) is 72.8. The summed E-state index contributed by atoms with van der Waals surface area (Å²) in [7, 11) is 1.36. The van der Waals surface area contributed by atoms with Gasteiger partial charge < -0.3 is 24.9 Å². The van der Waals surface area contributed by atoms with Gasteiger partial charge >= 0.3 is 7.82 Å². The van der Waals surface area contributed by atoms with Gasteiger partial charge in [0.25, 0.3) is 0 Å². The van der Waals surface area contributed by atoms with Gasteiger partial charge in [0.05, 0.1) is 39.9 Å². The first-order chi connectivity index (χ1) is 37.4. The number of allylic oxidation sites excluding steroid dienone is 28. The maximum Gasteiger partial charge on any atom is 0.472 e. The van der Waals surface area contributed by atoms with Gasteiger partial charge in [0, 0.05) is 6.42 Å². The van der Waals surface area contributed by atoms with Gasteiger partial charge in [0.2, 0.25) is 5.91 Å². The Bertz CT molecular complexity index is 1870. The Balaban J connectivity index is 4.27. The monoisotopic (exact) mass is 1090 g/mol. The number of hydrogen-bond donors (Lipinski definition) is 4. The molecule has 1 amide bonds. The summed E-state index contributed by atoms with van der Waals surface area (Å²) >= 11 is 0. The lowest BCUT2D eigenvalue weighted by Crippen LogP contribution is -2.51. The maximum atomic E-state index is 13.0. The molecule has 0 spiro atoms. The predicted molar refractivity (Wildman–Crippen MR) is 333 cm³/mol. The highest BCUT2D eigenvalue weighted by Crippen LogP contribution is 2.43. The quantitative estimate of drug-likeness (QED) is 0.0207. The molecule has 0 saturated heterocycles. The smallest absolute Gasteiger partial charge is 0.390 e. The van der Waals surface area contributed by atoms with E-state index in [1.54, 1.807) is 0 Å². The molecule has 0 aromatic rings. The third kappa shape index (κ3) is 56.4. The third-order valence-electron chi connectivity index (χ3n) is 12.0. The van der Waals surface area contributed by atoms with Gasteiger partial charge in [-0.25, -0.2) is 4.57 Å². The van der Waals surface area contributed by atoms with Gasteiger partial charge in [-0.2, -0.15) is 0 Å². The summed E-state index contributed by atoms with van der Waals surface area (Å²) in [5.41, 5.74) is 0. The Morgan fingerprint density at radius 1 is 0.468 bits per heavy atom. The van der Waals surface area contributed by atoms with Crippen molar-refractivity contribution in [2.75, 3.05) is 40.9 Å². The summed E-state index contributed by atoms with van der Waals surface area (Å²) in [4.78, 5) is 23.3. The van der Waals surface area contributed by atoms with E-state index in [1.807, 2.05) is 21.1 Å². The summed E-state index contributed by atoms with van der Waals surface area (Å²) in [5.74, 6) is -0.305. The second kappa shape index (κ2) is 55.1. The van der Waals surface area contributed by atoms with Crippen molar-refractivity contribution in [3.05, 3.63) is 170 Å². The lowest BCUT2D eigenvalue weighted by atomic mass is 10.0. The number of quaternary nitrogens is 1. The summed E-state index contributed by atoms with van der Waals surface area (Å²) in [6, 6.07) is -1.08. The number of aliphatic hydroxyl groups excluding tert-OH is 2. The zero-order valence-corrected chi connectivity index (χ0v) is 49.9. The number of unbranched alkanes of at least 4 members (excludes halogenated alkanes) is 9. The van der Waals surface area contributed by atoms with Crippen LogP contribution in [0.4, 0.5) is 0 Å². The van der Waals surface area contributed by atoms with Crippen LogP contribution in [0.2, 0.25) is 0 Å². The van der Waals surface area contributed by atoms with Crippen molar-refractivity contribution in [2.24, 2.45) is 0 Å². The molecule has 0 bridgehead atoms. The molecule has 9 nitrogen and oxygen atoms in total. The number of nitrogens with one attached hydrogen (secondary N) is 1. The van der Waals surface area contributed by atoms with E-state index in [-0.39, 0.29) is 18.9 Å². The van der Waals surface area contributed by atoms with Gasteiger partial charge in [-0.1, -0.05) is 210 Å². The molecule has 0 rings (SSSR count). The third-order valence-corrected chi connectivity index (χ3v) is 13.0. The van der Waals surface area contributed by atoms with Crippen LogP contribution >= 0.6 is 7.82 Å². The molecule has 4 N–H and O–H groups in total. The molecule has 10 heteroatoms. The summed E-state index contributed by atoms with van der Waals surface area (Å²) in [6.07, 6.45) is 84.6. The number of nitrogens with zero attached hydrogens (tertiary/aromatic N) is 1. The highest BCUT2D eigenvalue weighted by atomic mass is 31.2. The van der Waals surface area contributed by atoms with Crippen LogP contribution in [0.1, 0.15) is 187 Å². The van der Waals surface area contributed by atoms with Crippen molar-refractivity contribution in [3.63, 3.8) is 0 Å². The second-order valence-corrected chi connectivity index (χ2v) is 21.9. The Labute approximate surface area is 471 Å². The Morgan fingerprint density at radius 3 is 1.22 bits per heavy atom. The molecule has 434 valence electrons. The Hall–Kier alpha value is -4.18. The maximum absolute atomic E-state index is 13.0. The van der Waals surface area contributed by atoms with Crippen LogP contribution in [0.25, 0.3) is 0 Å². The Kier molecular flexibility index (Phi) is 52.2. The van der Waals surface area contributed by atoms with Gasteiger partial charge in [-0.15, -0.1) is 0 Å².